The van der Waals surface area contributed by atoms with Crippen molar-refractivity contribution in [1.82, 2.24) is 5.32 Å². The summed E-state index contributed by atoms with van der Waals surface area (Å²) in [7, 11) is 0. The molecule has 0 radical (unpaired) electrons. The number of benzene rings is 2. The number of ether oxygens (including phenoxy) is 1. The Labute approximate surface area is 132 Å². The van der Waals surface area contributed by atoms with E-state index in [0.29, 0.717) is 11.7 Å². The number of carbonyl (C=O) groups excluding carboxylic acids is 1. The van der Waals surface area contributed by atoms with Crippen molar-refractivity contribution < 1.29 is 9.53 Å². The molecule has 0 bridgehead atoms. The maximum absolute atomic E-state index is 12.1. The molecule has 3 heteroatoms. The molecule has 0 fully saturated rings. The molecular formula is C19H23NO2. The number of rotatable bonds is 7. The molecule has 0 aliphatic rings. The second-order valence-electron chi connectivity index (χ2n) is 5.76. The van der Waals surface area contributed by atoms with E-state index in [-0.39, 0.29) is 18.6 Å². The molecule has 0 spiro atoms. The molecule has 2 rings (SSSR count). The van der Waals surface area contributed by atoms with Crippen LogP contribution in [0.1, 0.15) is 31.9 Å². The van der Waals surface area contributed by atoms with Crippen LogP contribution < -0.4 is 10.1 Å². The number of amides is 1. The topological polar surface area (TPSA) is 38.3 Å². The maximum Gasteiger partial charge on any atom is 0.258 e. The summed E-state index contributed by atoms with van der Waals surface area (Å²) in [5.74, 6) is 1.11. The van der Waals surface area contributed by atoms with Gasteiger partial charge in [-0.05, 0) is 30.0 Å². The monoisotopic (exact) mass is 297 g/mol. The van der Waals surface area contributed by atoms with Gasteiger partial charge in [-0.3, -0.25) is 4.79 Å². The van der Waals surface area contributed by atoms with Crippen LogP contribution in [-0.2, 0) is 4.79 Å². The van der Waals surface area contributed by atoms with Crippen molar-refractivity contribution in [3.05, 3.63) is 66.2 Å². The van der Waals surface area contributed by atoms with Gasteiger partial charge in [0.25, 0.3) is 5.91 Å². The van der Waals surface area contributed by atoms with E-state index in [2.05, 4.69) is 19.2 Å². The smallest absolute Gasteiger partial charge is 0.258 e. The van der Waals surface area contributed by atoms with E-state index in [1.165, 1.54) is 0 Å². The van der Waals surface area contributed by atoms with E-state index in [1.807, 2.05) is 60.7 Å². The van der Waals surface area contributed by atoms with Gasteiger partial charge >= 0.3 is 0 Å². The van der Waals surface area contributed by atoms with Gasteiger partial charge in [0.05, 0.1) is 6.04 Å². The summed E-state index contributed by atoms with van der Waals surface area (Å²) in [6.45, 7) is 4.34. The molecule has 2 aromatic rings. The number of para-hydroxylation sites is 1. The van der Waals surface area contributed by atoms with Gasteiger partial charge in [0.1, 0.15) is 5.75 Å². The van der Waals surface area contributed by atoms with Gasteiger partial charge in [0.2, 0.25) is 0 Å². The summed E-state index contributed by atoms with van der Waals surface area (Å²) < 4.78 is 5.50. The third kappa shape index (κ3) is 5.24. The number of nitrogens with one attached hydrogen (secondary N) is 1. The van der Waals surface area contributed by atoms with Gasteiger partial charge in [0, 0.05) is 0 Å². The van der Waals surface area contributed by atoms with Gasteiger partial charge in [-0.25, -0.2) is 0 Å². The molecule has 0 saturated carbocycles. The number of hydrogen-bond acceptors (Lipinski definition) is 2. The summed E-state index contributed by atoms with van der Waals surface area (Å²) in [5, 5.41) is 3.07. The van der Waals surface area contributed by atoms with E-state index in [1.54, 1.807) is 0 Å². The van der Waals surface area contributed by atoms with Crippen LogP contribution in [0.5, 0.6) is 5.75 Å². The van der Waals surface area contributed by atoms with E-state index in [4.69, 9.17) is 4.74 Å². The van der Waals surface area contributed by atoms with Crippen LogP contribution in [-0.4, -0.2) is 12.5 Å². The lowest BCUT2D eigenvalue weighted by Crippen LogP contribution is -2.33. The minimum atomic E-state index is -0.0987. The van der Waals surface area contributed by atoms with Crippen molar-refractivity contribution in [2.45, 2.75) is 26.3 Å². The van der Waals surface area contributed by atoms with Crippen LogP contribution in [0.2, 0.25) is 0 Å². The molecular weight excluding hydrogens is 274 g/mol. The standard InChI is InChI=1S/C19H23NO2/c1-15(2)13-18(16-9-5-3-6-10-16)20-19(21)14-22-17-11-7-4-8-12-17/h3-12,15,18H,13-14H2,1-2H3,(H,20,21)/t18-/m1/s1. The third-order valence-electron chi connectivity index (χ3n) is 3.36. The first-order valence-corrected chi connectivity index (χ1v) is 7.67. The molecule has 0 saturated heterocycles. The predicted octanol–water partition coefficient (Wildman–Crippen LogP) is 3.97. The molecule has 0 unspecified atom stereocenters. The first-order valence-electron chi connectivity index (χ1n) is 7.67. The first-order chi connectivity index (χ1) is 10.6. The molecule has 0 aromatic heterocycles. The molecule has 3 nitrogen and oxygen atoms in total. The number of hydrogen-bond donors (Lipinski definition) is 1. The highest BCUT2D eigenvalue weighted by atomic mass is 16.5. The maximum atomic E-state index is 12.1. The lowest BCUT2D eigenvalue weighted by molar-refractivity contribution is -0.124. The highest BCUT2D eigenvalue weighted by molar-refractivity contribution is 5.78. The van der Waals surface area contributed by atoms with Crippen molar-refractivity contribution in [2.24, 2.45) is 5.92 Å². The van der Waals surface area contributed by atoms with Gasteiger partial charge < -0.3 is 10.1 Å². The van der Waals surface area contributed by atoms with Crippen LogP contribution in [0.15, 0.2) is 60.7 Å². The fourth-order valence-electron chi connectivity index (χ4n) is 2.34. The Bertz CT molecular complexity index is 567. The fraction of sp³-hybridized carbons (Fsp3) is 0.316. The minimum absolute atomic E-state index is 0.0214. The molecule has 1 atom stereocenters. The highest BCUT2D eigenvalue weighted by Crippen LogP contribution is 2.21. The van der Waals surface area contributed by atoms with E-state index >= 15 is 0 Å². The van der Waals surface area contributed by atoms with Gasteiger partial charge in [-0.2, -0.15) is 0 Å². The summed E-state index contributed by atoms with van der Waals surface area (Å²) in [5.41, 5.74) is 1.13. The number of carbonyl (C=O) groups is 1. The second kappa shape index (κ2) is 8.23. The van der Waals surface area contributed by atoms with Crippen molar-refractivity contribution in [2.75, 3.05) is 6.61 Å². The molecule has 0 heterocycles. The van der Waals surface area contributed by atoms with Gasteiger partial charge in [-0.15, -0.1) is 0 Å². The van der Waals surface area contributed by atoms with Crippen LogP contribution in [0.4, 0.5) is 0 Å². The van der Waals surface area contributed by atoms with E-state index < -0.39 is 0 Å². The lowest BCUT2D eigenvalue weighted by Gasteiger charge is -2.21. The summed E-state index contributed by atoms with van der Waals surface area (Å²) in [4.78, 5) is 12.1. The molecule has 1 amide bonds. The SMILES string of the molecule is CC(C)C[C@@H](NC(=O)COc1ccccc1)c1ccccc1. The van der Waals surface area contributed by atoms with Crippen LogP contribution in [0, 0.1) is 5.92 Å². The average Bonchev–Trinajstić information content (AvgIpc) is 2.54. The summed E-state index contributed by atoms with van der Waals surface area (Å²) in [6.07, 6.45) is 0.904. The Morgan fingerprint density at radius 3 is 2.18 bits per heavy atom. The Balaban J connectivity index is 1.93. The molecule has 2 aromatic carbocycles. The lowest BCUT2D eigenvalue weighted by atomic mass is 9.97. The Kier molecular flexibility index (Phi) is 6.01. The normalized spacial score (nSPS) is 12.0. The fourth-order valence-corrected chi connectivity index (χ4v) is 2.34. The molecule has 1 N–H and O–H groups in total. The average molecular weight is 297 g/mol. The highest BCUT2D eigenvalue weighted by Gasteiger charge is 2.16. The second-order valence-corrected chi connectivity index (χ2v) is 5.76. The van der Waals surface area contributed by atoms with Crippen molar-refractivity contribution in [1.29, 1.82) is 0 Å². The zero-order valence-corrected chi connectivity index (χ0v) is 13.2. The molecule has 0 aliphatic heterocycles. The Morgan fingerprint density at radius 2 is 1.59 bits per heavy atom. The Morgan fingerprint density at radius 1 is 1.00 bits per heavy atom. The van der Waals surface area contributed by atoms with Crippen molar-refractivity contribution in [3.8, 4) is 5.75 Å². The van der Waals surface area contributed by atoms with Crippen LogP contribution in [0.25, 0.3) is 0 Å². The van der Waals surface area contributed by atoms with Crippen molar-refractivity contribution >= 4 is 5.91 Å². The summed E-state index contributed by atoms with van der Waals surface area (Å²) >= 11 is 0. The first kappa shape index (κ1) is 16.1. The zero-order chi connectivity index (χ0) is 15.8. The summed E-state index contributed by atoms with van der Waals surface area (Å²) in [6, 6.07) is 19.5. The molecule has 116 valence electrons. The van der Waals surface area contributed by atoms with Gasteiger partial charge in [0.15, 0.2) is 6.61 Å². The Hall–Kier alpha value is -2.29. The molecule has 22 heavy (non-hydrogen) atoms. The third-order valence-corrected chi connectivity index (χ3v) is 3.36. The van der Waals surface area contributed by atoms with E-state index in [9.17, 15) is 4.79 Å². The van der Waals surface area contributed by atoms with Crippen LogP contribution >= 0.6 is 0 Å². The predicted molar refractivity (Wildman–Crippen MR) is 88.7 cm³/mol. The molecule has 0 aliphatic carbocycles. The minimum Gasteiger partial charge on any atom is -0.484 e. The van der Waals surface area contributed by atoms with E-state index in [0.717, 1.165) is 12.0 Å². The van der Waals surface area contributed by atoms with Crippen molar-refractivity contribution in [3.63, 3.8) is 0 Å². The largest absolute Gasteiger partial charge is 0.484 e. The zero-order valence-electron chi connectivity index (χ0n) is 13.2. The quantitative estimate of drug-likeness (QED) is 0.840. The van der Waals surface area contributed by atoms with Gasteiger partial charge in [-0.1, -0.05) is 62.4 Å². The van der Waals surface area contributed by atoms with Crippen LogP contribution in [0.3, 0.4) is 0 Å².